The molecule has 14 heavy (non-hydrogen) atoms. The van der Waals surface area contributed by atoms with Gasteiger partial charge in [-0.15, -0.1) is 0 Å². The lowest BCUT2D eigenvalue weighted by atomic mass is 10.0. The molecule has 1 heterocycles. The van der Waals surface area contributed by atoms with Crippen LogP contribution in [0.1, 0.15) is 17.2 Å². The quantitative estimate of drug-likeness (QED) is 0.846. The van der Waals surface area contributed by atoms with E-state index in [-0.39, 0.29) is 11.9 Å². The normalized spacial score (nSPS) is 20.6. The molecule has 1 aromatic rings. The number of benzene rings is 1. The van der Waals surface area contributed by atoms with E-state index in [0.717, 1.165) is 27.1 Å². The van der Waals surface area contributed by atoms with Crippen molar-refractivity contribution in [3.05, 3.63) is 33.5 Å². The van der Waals surface area contributed by atoms with Gasteiger partial charge in [0.05, 0.1) is 0 Å². The maximum Gasteiger partial charge on any atom is 0.128 e. The van der Waals surface area contributed by atoms with Crippen LogP contribution < -0.4 is 5.32 Å². The molecule has 1 N–H and O–H groups in total. The number of fused-ring (bicyclic) bond motifs is 1. The van der Waals surface area contributed by atoms with E-state index in [0.29, 0.717) is 0 Å². The monoisotopic (exact) mass is 275 g/mol. The van der Waals surface area contributed by atoms with Crippen molar-refractivity contribution in [1.29, 1.82) is 0 Å². The fourth-order valence-electron chi connectivity index (χ4n) is 1.72. The van der Waals surface area contributed by atoms with Crippen molar-refractivity contribution in [3.8, 4) is 0 Å². The minimum Gasteiger partial charge on any atom is -0.312 e. The van der Waals surface area contributed by atoms with E-state index in [1.807, 2.05) is 18.8 Å². The van der Waals surface area contributed by atoms with Gasteiger partial charge in [0.1, 0.15) is 5.82 Å². The van der Waals surface area contributed by atoms with Gasteiger partial charge in [0.15, 0.2) is 0 Å². The SMILES string of the molecule is CNC1CSCc2c(Br)ccc(F)c21. The molecule has 0 fully saturated rings. The highest BCUT2D eigenvalue weighted by atomic mass is 79.9. The first-order chi connectivity index (χ1) is 6.74. The third-order valence-electron chi connectivity index (χ3n) is 2.47. The minimum absolute atomic E-state index is 0.0946. The van der Waals surface area contributed by atoms with Gasteiger partial charge in [-0.2, -0.15) is 11.8 Å². The van der Waals surface area contributed by atoms with E-state index in [9.17, 15) is 4.39 Å². The fraction of sp³-hybridized carbons (Fsp3) is 0.400. The Hall–Kier alpha value is -0.0600. The average Bonchev–Trinajstić information content (AvgIpc) is 2.23. The standard InChI is InChI=1S/C10H11BrFNS/c1-13-9-5-14-4-6-7(11)2-3-8(12)10(6)9/h2-3,9,13H,4-5H2,1H3. The summed E-state index contributed by atoms with van der Waals surface area (Å²) < 4.78 is 14.6. The van der Waals surface area contributed by atoms with Gasteiger partial charge in [-0.05, 0) is 24.7 Å². The molecule has 2 rings (SSSR count). The van der Waals surface area contributed by atoms with Crippen molar-refractivity contribution in [1.82, 2.24) is 5.32 Å². The minimum atomic E-state index is -0.0946. The Kier molecular flexibility index (Phi) is 3.14. The molecule has 0 amide bonds. The molecular weight excluding hydrogens is 265 g/mol. The number of hydrogen-bond donors (Lipinski definition) is 1. The molecule has 1 aromatic carbocycles. The molecule has 4 heteroatoms. The van der Waals surface area contributed by atoms with Crippen LogP contribution in [0, 0.1) is 5.82 Å². The van der Waals surface area contributed by atoms with Crippen molar-refractivity contribution in [2.75, 3.05) is 12.8 Å². The molecule has 0 spiro atoms. The lowest BCUT2D eigenvalue weighted by Gasteiger charge is -2.26. The van der Waals surface area contributed by atoms with Crippen LogP contribution in [-0.2, 0) is 5.75 Å². The molecule has 76 valence electrons. The maximum absolute atomic E-state index is 13.6. The van der Waals surface area contributed by atoms with Gasteiger partial charge in [-0.3, -0.25) is 0 Å². The van der Waals surface area contributed by atoms with E-state index in [1.54, 1.807) is 6.07 Å². The van der Waals surface area contributed by atoms with Crippen molar-refractivity contribution < 1.29 is 4.39 Å². The van der Waals surface area contributed by atoms with Crippen LogP contribution in [0.15, 0.2) is 16.6 Å². The van der Waals surface area contributed by atoms with Crippen LogP contribution in [-0.4, -0.2) is 12.8 Å². The number of thioether (sulfide) groups is 1. The van der Waals surface area contributed by atoms with Crippen LogP contribution in [0.5, 0.6) is 0 Å². The van der Waals surface area contributed by atoms with E-state index >= 15 is 0 Å². The van der Waals surface area contributed by atoms with Crippen LogP contribution in [0.3, 0.4) is 0 Å². The topological polar surface area (TPSA) is 12.0 Å². The summed E-state index contributed by atoms with van der Waals surface area (Å²) in [5.74, 6) is 1.74. The van der Waals surface area contributed by atoms with Crippen LogP contribution >= 0.6 is 27.7 Å². The second kappa shape index (κ2) is 4.21. The largest absolute Gasteiger partial charge is 0.312 e. The summed E-state index contributed by atoms with van der Waals surface area (Å²) >= 11 is 5.30. The Balaban J connectivity index is 2.55. The molecular formula is C10H11BrFNS. The van der Waals surface area contributed by atoms with E-state index in [2.05, 4.69) is 21.2 Å². The lowest BCUT2D eigenvalue weighted by molar-refractivity contribution is 0.558. The van der Waals surface area contributed by atoms with Gasteiger partial charge in [-0.1, -0.05) is 15.9 Å². The van der Waals surface area contributed by atoms with Gasteiger partial charge in [0, 0.05) is 27.6 Å². The third kappa shape index (κ3) is 1.71. The van der Waals surface area contributed by atoms with Crippen molar-refractivity contribution in [2.24, 2.45) is 0 Å². The zero-order valence-corrected chi connectivity index (χ0v) is 10.2. The Morgan fingerprint density at radius 1 is 1.57 bits per heavy atom. The Bertz CT molecular complexity index is 356. The fourth-order valence-corrected chi connectivity index (χ4v) is 3.60. The van der Waals surface area contributed by atoms with Crippen LogP contribution in [0.2, 0.25) is 0 Å². The van der Waals surface area contributed by atoms with Gasteiger partial charge in [0.25, 0.3) is 0 Å². The summed E-state index contributed by atoms with van der Waals surface area (Å²) in [5, 5.41) is 3.15. The first-order valence-electron chi connectivity index (χ1n) is 4.46. The van der Waals surface area contributed by atoms with Crippen molar-refractivity contribution in [3.63, 3.8) is 0 Å². The summed E-state index contributed by atoms with van der Waals surface area (Å²) in [6, 6.07) is 3.46. The summed E-state index contributed by atoms with van der Waals surface area (Å²) in [5.41, 5.74) is 1.93. The zero-order chi connectivity index (χ0) is 10.1. The Morgan fingerprint density at radius 2 is 2.36 bits per heavy atom. The highest BCUT2D eigenvalue weighted by Gasteiger charge is 2.24. The zero-order valence-electron chi connectivity index (χ0n) is 7.81. The Labute approximate surface area is 95.6 Å². The van der Waals surface area contributed by atoms with E-state index in [1.165, 1.54) is 6.07 Å². The number of rotatable bonds is 1. The molecule has 1 nitrogen and oxygen atoms in total. The van der Waals surface area contributed by atoms with Gasteiger partial charge >= 0.3 is 0 Å². The Morgan fingerprint density at radius 3 is 3.07 bits per heavy atom. The average molecular weight is 276 g/mol. The van der Waals surface area contributed by atoms with Gasteiger partial charge < -0.3 is 5.32 Å². The predicted molar refractivity (Wildman–Crippen MR) is 62.1 cm³/mol. The number of hydrogen-bond acceptors (Lipinski definition) is 2. The summed E-state index contributed by atoms with van der Waals surface area (Å²) in [4.78, 5) is 0. The summed E-state index contributed by atoms with van der Waals surface area (Å²) in [7, 11) is 1.88. The second-order valence-corrected chi connectivity index (χ2v) is 5.16. The van der Waals surface area contributed by atoms with Crippen LogP contribution in [0.4, 0.5) is 4.39 Å². The molecule has 1 unspecified atom stereocenters. The number of halogens is 2. The number of nitrogens with one attached hydrogen (secondary N) is 1. The molecule has 0 aromatic heterocycles. The van der Waals surface area contributed by atoms with E-state index in [4.69, 9.17) is 0 Å². The molecule has 1 aliphatic heterocycles. The third-order valence-corrected chi connectivity index (χ3v) is 4.28. The highest BCUT2D eigenvalue weighted by Crippen LogP contribution is 2.37. The molecule has 0 aliphatic carbocycles. The van der Waals surface area contributed by atoms with E-state index < -0.39 is 0 Å². The molecule has 0 bridgehead atoms. The summed E-state index contributed by atoms with van der Waals surface area (Å²) in [6.45, 7) is 0. The molecule has 1 aliphatic rings. The van der Waals surface area contributed by atoms with Crippen molar-refractivity contribution >= 4 is 27.7 Å². The smallest absolute Gasteiger partial charge is 0.128 e. The van der Waals surface area contributed by atoms with Crippen molar-refractivity contribution in [2.45, 2.75) is 11.8 Å². The maximum atomic E-state index is 13.6. The predicted octanol–water partition coefficient (Wildman–Crippen LogP) is 3.10. The van der Waals surface area contributed by atoms with Gasteiger partial charge in [-0.25, -0.2) is 4.39 Å². The highest BCUT2D eigenvalue weighted by molar-refractivity contribution is 9.10. The molecule has 0 saturated carbocycles. The lowest BCUT2D eigenvalue weighted by Crippen LogP contribution is -2.24. The molecule has 0 radical (unpaired) electrons. The van der Waals surface area contributed by atoms with Gasteiger partial charge in [0.2, 0.25) is 0 Å². The second-order valence-electron chi connectivity index (χ2n) is 3.28. The molecule has 1 atom stereocenters. The summed E-state index contributed by atoms with van der Waals surface area (Å²) in [6.07, 6.45) is 0. The first kappa shape index (κ1) is 10.5. The molecule has 0 saturated heterocycles. The van der Waals surface area contributed by atoms with Crippen LogP contribution in [0.25, 0.3) is 0 Å². The first-order valence-corrected chi connectivity index (χ1v) is 6.40.